The highest BCUT2D eigenvalue weighted by Gasteiger charge is 2.50. The molecule has 2 saturated heterocycles. The molecule has 1 aliphatic carbocycles. The van der Waals surface area contributed by atoms with Crippen molar-refractivity contribution in [3.8, 4) is 6.07 Å². The largest absolute Gasteiger partial charge is 0.333 e. The average molecular weight is 421 g/mol. The number of rotatable bonds is 6. The normalized spacial score (nSPS) is 26.0. The summed E-state index contributed by atoms with van der Waals surface area (Å²) in [5.74, 6) is 2.42. The molecular weight excluding hydrogens is 392 g/mol. The van der Waals surface area contributed by atoms with Gasteiger partial charge in [-0.25, -0.2) is 4.98 Å². The Labute approximate surface area is 182 Å². The fourth-order valence-corrected chi connectivity index (χ4v) is 6.07. The van der Waals surface area contributed by atoms with Crippen LogP contribution in [0.25, 0.3) is 0 Å². The number of benzene rings is 1. The lowest BCUT2D eigenvalue weighted by molar-refractivity contribution is -0.0532. The summed E-state index contributed by atoms with van der Waals surface area (Å²) < 4.78 is 0. The van der Waals surface area contributed by atoms with Crippen LogP contribution in [0, 0.1) is 23.2 Å². The standard InChI is InChI=1S/C24H28N4OS/c25-9-8-24(15-27(16-24)23(29)22-14-30-17-26-22)28-10-6-18(7-11-28)12-20-13-21(20)19-4-2-1-3-5-19/h1-5,14,17-18,20-21H,6-8,10-13,15-16H2/t20-,21?/m1/s1. The molecule has 2 aliphatic heterocycles. The van der Waals surface area contributed by atoms with Crippen molar-refractivity contribution in [2.24, 2.45) is 11.8 Å². The summed E-state index contributed by atoms with van der Waals surface area (Å²) in [6.45, 7) is 3.40. The summed E-state index contributed by atoms with van der Waals surface area (Å²) >= 11 is 1.45. The Bertz CT molecular complexity index is 908. The summed E-state index contributed by atoms with van der Waals surface area (Å²) in [6, 6.07) is 13.3. The molecule has 156 valence electrons. The second-order valence-corrected chi connectivity index (χ2v) is 9.99. The molecule has 6 heteroatoms. The SMILES string of the molecule is N#CCC1(N2CCC(C[C@@H]3CC3c3ccccc3)CC2)CN(C(=O)c2cscn2)C1. The van der Waals surface area contributed by atoms with Crippen LogP contribution in [0.3, 0.4) is 0 Å². The molecule has 2 aromatic rings. The van der Waals surface area contributed by atoms with E-state index in [9.17, 15) is 10.1 Å². The summed E-state index contributed by atoms with van der Waals surface area (Å²) in [7, 11) is 0. The number of carbonyl (C=O) groups is 1. The number of thiazole rings is 1. The van der Waals surface area contributed by atoms with E-state index in [4.69, 9.17) is 0 Å². The third-order valence-corrected chi connectivity index (χ3v) is 7.98. The lowest BCUT2D eigenvalue weighted by atomic mass is 9.81. The Morgan fingerprint density at radius 3 is 2.67 bits per heavy atom. The van der Waals surface area contributed by atoms with Crippen LogP contribution in [0.1, 0.15) is 54.1 Å². The monoisotopic (exact) mass is 420 g/mol. The number of piperidine rings is 1. The molecule has 1 aromatic heterocycles. The third-order valence-electron chi connectivity index (χ3n) is 7.39. The van der Waals surface area contributed by atoms with Crippen molar-refractivity contribution in [3.05, 3.63) is 52.5 Å². The lowest BCUT2D eigenvalue weighted by Gasteiger charge is -2.56. The quantitative estimate of drug-likeness (QED) is 0.704. The Morgan fingerprint density at radius 1 is 1.23 bits per heavy atom. The maximum absolute atomic E-state index is 12.6. The van der Waals surface area contributed by atoms with Crippen molar-refractivity contribution in [2.75, 3.05) is 26.2 Å². The van der Waals surface area contributed by atoms with Crippen molar-refractivity contribution >= 4 is 17.2 Å². The van der Waals surface area contributed by atoms with E-state index in [1.54, 1.807) is 10.9 Å². The van der Waals surface area contributed by atoms with Crippen LogP contribution in [0.4, 0.5) is 0 Å². The van der Waals surface area contributed by atoms with Gasteiger partial charge >= 0.3 is 0 Å². The second kappa shape index (κ2) is 8.13. The fraction of sp³-hybridized carbons (Fsp3) is 0.542. The Morgan fingerprint density at radius 2 is 2.00 bits per heavy atom. The van der Waals surface area contributed by atoms with Gasteiger partial charge in [-0.2, -0.15) is 5.26 Å². The van der Waals surface area contributed by atoms with Gasteiger partial charge in [0.15, 0.2) is 0 Å². The number of likely N-dealkylation sites (tertiary alicyclic amines) is 2. The van der Waals surface area contributed by atoms with Crippen LogP contribution in [0.2, 0.25) is 0 Å². The Hall–Kier alpha value is -2.23. The smallest absolute Gasteiger partial charge is 0.273 e. The van der Waals surface area contributed by atoms with E-state index in [0.29, 0.717) is 25.2 Å². The van der Waals surface area contributed by atoms with Crippen molar-refractivity contribution in [2.45, 2.75) is 43.6 Å². The highest BCUT2D eigenvalue weighted by Crippen LogP contribution is 2.52. The molecule has 2 atom stereocenters. The maximum atomic E-state index is 12.6. The zero-order valence-corrected chi connectivity index (χ0v) is 18.1. The zero-order chi connectivity index (χ0) is 20.6. The van der Waals surface area contributed by atoms with Gasteiger partial charge in [0.25, 0.3) is 5.91 Å². The van der Waals surface area contributed by atoms with Crippen LogP contribution in [-0.2, 0) is 0 Å². The second-order valence-electron chi connectivity index (χ2n) is 9.27. The number of amides is 1. The molecular formula is C24H28N4OS. The highest BCUT2D eigenvalue weighted by atomic mass is 32.1. The lowest BCUT2D eigenvalue weighted by Crippen LogP contribution is -2.72. The number of hydrogen-bond acceptors (Lipinski definition) is 5. The van der Waals surface area contributed by atoms with Crippen molar-refractivity contribution < 1.29 is 4.79 Å². The first-order valence-corrected chi connectivity index (χ1v) is 12.0. The first kappa shape index (κ1) is 19.7. The molecule has 1 unspecified atom stereocenters. The molecule has 3 aliphatic rings. The first-order chi connectivity index (χ1) is 14.7. The Balaban J connectivity index is 1.13. The summed E-state index contributed by atoms with van der Waals surface area (Å²) in [6.07, 6.45) is 5.61. The molecule has 5 rings (SSSR count). The maximum Gasteiger partial charge on any atom is 0.273 e. The van der Waals surface area contributed by atoms with Crippen LogP contribution in [-0.4, -0.2) is 52.4 Å². The van der Waals surface area contributed by atoms with Crippen LogP contribution < -0.4 is 0 Å². The first-order valence-electron chi connectivity index (χ1n) is 11.0. The summed E-state index contributed by atoms with van der Waals surface area (Å²) in [5.41, 5.74) is 3.58. The van der Waals surface area contributed by atoms with Gasteiger partial charge in [0, 0.05) is 18.5 Å². The van der Waals surface area contributed by atoms with E-state index in [1.807, 2.05) is 4.90 Å². The number of nitrogens with zero attached hydrogens (tertiary/aromatic N) is 4. The molecule has 0 N–H and O–H groups in total. The zero-order valence-electron chi connectivity index (χ0n) is 17.2. The number of aromatic nitrogens is 1. The number of carbonyl (C=O) groups excluding carboxylic acids is 1. The molecule has 5 nitrogen and oxygen atoms in total. The summed E-state index contributed by atoms with van der Waals surface area (Å²) in [4.78, 5) is 21.1. The van der Waals surface area contributed by atoms with E-state index in [0.717, 1.165) is 30.8 Å². The molecule has 1 saturated carbocycles. The number of nitriles is 1. The topological polar surface area (TPSA) is 60.2 Å². The van der Waals surface area contributed by atoms with E-state index in [2.05, 4.69) is 46.3 Å². The van der Waals surface area contributed by atoms with Gasteiger partial charge in [-0.3, -0.25) is 9.69 Å². The average Bonchev–Trinajstić information content (AvgIpc) is 3.29. The van der Waals surface area contributed by atoms with Gasteiger partial charge < -0.3 is 4.90 Å². The van der Waals surface area contributed by atoms with Crippen molar-refractivity contribution in [1.82, 2.24) is 14.8 Å². The molecule has 0 bridgehead atoms. The number of hydrogen-bond donors (Lipinski definition) is 0. The molecule has 3 fully saturated rings. The van der Waals surface area contributed by atoms with Crippen LogP contribution >= 0.6 is 11.3 Å². The van der Waals surface area contributed by atoms with E-state index in [-0.39, 0.29) is 11.4 Å². The molecule has 1 aromatic carbocycles. The molecule has 3 heterocycles. The van der Waals surface area contributed by atoms with Gasteiger partial charge in [-0.1, -0.05) is 30.3 Å². The minimum Gasteiger partial charge on any atom is -0.333 e. The fourth-order valence-electron chi connectivity index (χ4n) is 5.55. The van der Waals surface area contributed by atoms with Gasteiger partial charge in [0.2, 0.25) is 0 Å². The van der Waals surface area contributed by atoms with Crippen LogP contribution in [0.15, 0.2) is 41.2 Å². The van der Waals surface area contributed by atoms with Gasteiger partial charge in [-0.15, -0.1) is 11.3 Å². The molecule has 30 heavy (non-hydrogen) atoms. The Kier molecular flexibility index (Phi) is 5.34. The van der Waals surface area contributed by atoms with Gasteiger partial charge in [0.1, 0.15) is 5.69 Å². The highest BCUT2D eigenvalue weighted by molar-refractivity contribution is 7.07. The third kappa shape index (κ3) is 3.77. The van der Waals surface area contributed by atoms with E-state index < -0.39 is 0 Å². The minimum atomic E-state index is -0.155. The predicted molar refractivity (Wildman–Crippen MR) is 117 cm³/mol. The van der Waals surface area contributed by atoms with Gasteiger partial charge in [-0.05, 0) is 62.1 Å². The molecule has 1 amide bonds. The molecule has 0 radical (unpaired) electrons. The van der Waals surface area contributed by atoms with Crippen molar-refractivity contribution in [3.63, 3.8) is 0 Å². The van der Waals surface area contributed by atoms with Crippen molar-refractivity contribution in [1.29, 1.82) is 5.26 Å². The van der Waals surface area contributed by atoms with E-state index in [1.165, 1.54) is 42.6 Å². The van der Waals surface area contributed by atoms with Gasteiger partial charge in [0.05, 0.1) is 23.5 Å². The van der Waals surface area contributed by atoms with Crippen LogP contribution in [0.5, 0.6) is 0 Å². The van der Waals surface area contributed by atoms with E-state index >= 15 is 0 Å². The summed E-state index contributed by atoms with van der Waals surface area (Å²) in [5, 5.41) is 11.2. The minimum absolute atomic E-state index is 0.000359. The predicted octanol–water partition coefficient (Wildman–Crippen LogP) is 4.16. The molecule has 0 spiro atoms.